The lowest BCUT2D eigenvalue weighted by molar-refractivity contribution is -0.131. The first-order chi connectivity index (χ1) is 8.22. The molecule has 0 unspecified atom stereocenters. The Morgan fingerprint density at radius 3 is 2.94 bits per heavy atom. The molecule has 2 N–H and O–H groups in total. The van der Waals surface area contributed by atoms with Crippen LogP contribution in [0.2, 0.25) is 0 Å². The maximum Gasteiger partial charge on any atom is 0.227 e. The Morgan fingerprint density at radius 1 is 1.47 bits per heavy atom. The number of nitrogens with zero attached hydrogens (tertiary/aromatic N) is 1. The van der Waals surface area contributed by atoms with Gasteiger partial charge in [0.2, 0.25) is 5.91 Å². The second kappa shape index (κ2) is 5.65. The van der Waals surface area contributed by atoms with E-state index in [9.17, 15) is 4.79 Å². The summed E-state index contributed by atoms with van der Waals surface area (Å²) in [7, 11) is 0. The molecule has 0 spiro atoms. The summed E-state index contributed by atoms with van der Waals surface area (Å²) in [4.78, 5) is 14.1. The third-order valence-corrected chi connectivity index (χ3v) is 4.04. The number of carbonyl (C=O) groups is 1. The summed E-state index contributed by atoms with van der Waals surface area (Å²) in [6.45, 7) is 1.42. The Bertz CT molecular complexity index is 408. The van der Waals surface area contributed by atoms with E-state index in [2.05, 4.69) is 15.9 Å². The van der Waals surface area contributed by atoms with Crippen LogP contribution in [0.4, 0.5) is 0 Å². The van der Waals surface area contributed by atoms with Crippen molar-refractivity contribution in [1.82, 2.24) is 4.90 Å². The van der Waals surface area contributed by atoms with Crippen LogP contribution in [0, 0.1) is 0 Å². The van der Waals surface area contributed by atoms with Crippen LogP contribution in [0.5, 0.6) is 0 Å². The molecular formula is C13H17BrN2O. The lowest BCUT2D eigenvalue weighted by atomic mass is 10.1. The molecule has 0 bridgehead atoms. The molecule has 1 aliphatic heterocycles. The minimum atomic E-state index is 0.185. The van der Waals surface area contributed by atoms with Gasteiger partial charge in [-0.05, 0) is 24.5 Å². The number of halogens is 1. The van der Waals surface area contributed by atoms with Crippen molar-refractivity contribution >= 4 is 21.8 Å². The van der Waals surface area contributed by atoms with Crippen LogP contribution in [-0.2, 0) is 11.2 Å². The molecule has 1 atom stereocenters. The third kappa shape index (κ3) is 2.87. The molecule has 3 nitrogen and oxygen atoms in total. The first-order valence-electron chi connectivity index (χ1n) is 5.95. The van der Waals surface area contributed by atoms with E-state index in [1.165, 1.54) is 0 Å². The second-order valence-corrected chi connectivity index (χ2v) is 5.24. The Morgan fingerprint density at radius 2 is 2.24 bits per heavy atom. The van der Waals surface area contributed by atoms with E-state index in [4.69, 9.17) is 5.73 Å². The molecule has 92 valence electrons. The number of hydrogen-bond donors (Lipinski definition) is 1. The van der Waals surface area contributed by atoms with Gasteiger partial charge in [0.25, 0.3) is 0 Å². The molecule has 1 fully saturated rings. The number of hydrogen-bond acceptors (Lipinski definition) is 2. The third-order valence-electron chi connectivity index (χ3n) is 3.27. The van der Waals surface area contributed by atoms with E-state index >= 15 is 0 Å². The topological polar surface area (TPSA) is 46.3 Å². The smallest absolute Gasteiger partial charge is 0.227 e. The lowest BCUT2D eigenvalue weighted by Gasteiger charge is -2.23. The van der Waals surface area contributed by atoms with Crippen molar-refractivity contribution in [3.05, 3.63) is 34.3 Å². The molecule has 1 saturated heterocycles. The van der Waals surface area contributed by atoms with E-state index in [0.717, 1.165) is 29.4 Å². The number of benzene rings is 1. The fraction of sp³-hybridized carbons (Fsp3) is 0.462. The summed E-state index contributed by atoms with van der Waals surface area (Å²) in [5, 5.41) is 0. The number of nitrogens with two attached hydrogens (primary N) is 1. The fourth-order valence-electron chi connectivity index (χ4n) is 2.32. The molecule has 0 radical (unpaired) electrons. The van der Waals surface area contributed by atoms with E-state index in [-0.39, 0.29) is 11.9 Å². The van der Waals surface area contributed by atoms with Crippen LogP contribution < -0.4 is 5.73 Å². The minimum Gasteiger partial charge on any atom is -0.338 e. The summed E-state index contributed by atoms with van der Waals surface area (Å²) in [6, 6.07) is 8.10. The SMILES string of the molecule is NC[C@H]1CCCN1C(=O)Cc1ccccc1Br. The van der Waals surface area contributed by atoms with Crippen molar-refractivity contribution in [3.8, 4) is 0 Å². The molecule has 0 aliphatic carbocycles. The molecule has 17 heavy (non-hydrogen) atoms. The van der Waals surface area contributed by atoms with E-state index in [1.807, 2.05) is 29.2 Å². The van der Waals surface area contributed by atoms with Gasteiger partial charge in [-0.2, -0.15) is 0 Å². The first kappa shape index (κ1) is 12.6. The highest BCUT2D eigenvalue weighted by Gasteiger charge is 2.27. The van der Waals surface area contributed by atoms with Gasteiger partial charge in [-0.1, -0.05) is 34.1 Å². The lowest BCUT2D eigenvalue weighted by Crippen LogP contribution is -2.40. The molecule has 1 aromatic rings. The van der Waals surface area contributed by atoms with Gasteiger partial charge in [0.05, 0.1) is 6.42 Å². The molecule has 1 aromatic carbocycles. The highest BCUT2D eigenvalue weighted by molar-refractivity contribution is 9.10. The maximum atomic E-state index is 12.2. The Labute approximate surface area is 110 Å². The van der Waals surface area contributed by atoms with Crippen LogP contribution in [0.3, 0.4) is 0 Å². The van der Waals surface area contributed by atoms with Gasteiger partial charge in [0, 0.05) is 23.6 Å². The van der Waals surface area contributed by atoms with E-state index < -0.39 is 0 Å². The van der Waals surface area contributed by atoms with Gasteiger partial charge in [-0.25, -0.2) is 0 Å². The zero-order valence-electron chi connectivity index (χ0n) is 9.73. The van der Waals surface area contributed by atoms with Crippen LogP contribution in [-0.4, -0.2) is 29.9 Å². The van der Waals surface area contributed by atoms with Crippen LogP contribution in [0.25, 0.3) is 0 Å². The highest BCUT2D eigenvalue weighted by Crippen LogP contribution is 2.21. The number of carbonyl (C=O) groups excluding carboxylic acids is 1. The normalized spacial score (nSPS) is 19.6. The highest BCUT2D eigenvalue weighted by atomic mass is 79.9. The van der Waals surface area contributed by atoms with Gasteiger partial charge in [0.1, 0.15) is 0 Å². The Kier molecular flexibility index (Phi) is 4.18. The van der Waals surface area contributed by atoms with Gasteiger partial charge in [-0.3, -0.25) is 4.79 Å². The summed E-state index contributed by atoms with van der Waals surface area (Å²) in [6.07, 6.45) is 2.57. The zero-order chi connectivity index (χ0) is 12.3. The van der Waals surface area contributed by atoms with Gasteiger partial charge in [-0.15, -0.1) is 0 Å². The molecule has 1 amide bonds. The van der Waals surface area contributed by atoms with Gasteiger partial charge >= 0.3 is 0 Å². The van der Waals surface area contributed by atoms with Crippen molar-refractivity contribution in [3.63, 3.8) is 0 Å². The monoisotopic (exact) mass is 296 g/mol. The zero-order valence-corrected chi connectivity index (χ0v) is 11.3. The average molecular weight is 297 g/mol. The maximum absolute atomic E-state index is 12.2. The molecular weight excluding hydrogens is 280 g/mol. The van der Waals surface area contributed by atoms with Crippen LogP contribution in [0.1, 0.15) is 18.4 Å². The van der Waals surface area contributed by atoms with Crippen molar-refractivity contribution in [1.29, 1.82) is 0 Å². The first-order valence-corrected chi connectivity index (χ1v) is 6.74. The van der Waals surface area contributed by atoms with Crippen molar-refractivity contribution in [2.75, 3.05) is 13.1 Å². The summed E-state index contributed by atoms with van der Waals surface area (Å²) in [5.41, 5.74) is 6.72. The van der Waals surface area contributed by atoms with Crippen LogP contribution >= 0.6 is 15.9 Å². The van der Waals surface area contributed by atoms with E-state index in [0.29, 0.717) is 13.0 Å². The fourth-order valence-corrected chi connectivity index (χ4v) is 2.74. The average Bonchev–Trinajstić information content (AvgIpc) is 2.80. The molecule has 4 heteroatoms. The van der Waals surface area contributed by atoms with Crippen LogP contribution in [0.15, 0.2) is 28.7 Å². The molecule has 2 rings (SSSR count). The van der Waals surface area contributed by atoms with Crippen molar-refractivity contribution in [2.45, 2.75) is 25.3 Å². The largest absolute Gasteiger partial charge is 0.338 e. The second-order valence-electron chi connectivity index (χ2n) is 4.39. The summed E-state index contributed by atoms with van der Waals surface area (Å²) < 4.78 is 0.997. The molecule has 0 aromatic heterocycles. The molecule has 0 saturated carbocycles. The number of likely N-dealkylation sites (tertiary alicyclic amines) is 1. The Hall–Kier alpha value is -0.870. The molecule has 1 aliphatic rings. The summed E-state index contributed by atoms with van der Waals surface area (Å²) >= 11 is 3.47. The van der Waals surface area contributed by atoms with Crippen molar-refractivity contribution in [2.24, 2.45) is 5.73 Å². The summed E-state index contributed by atoms with van der Waals surface area (Å²) in [5.74, 6) is 0.185. The quantitative estimate of drug-likeness (QED) is 0.927. The molecule has 1 heterocycles. The predicted molar refractivity (Wildman–Crippen MR) is 71.6 cm³/mol. The van der Waals surface area contributed by atoms with Crippen molar-refractivity contribution < 1.29 is 4.79 Å². The number of rotatable bonds is 3. The van der Waals surface area contributed by atoms with Gasteiger partial charge < -0.3 is 10.6 Å². The van der Waals surface area contributed by atoms with Gasteiger partial charge in [0.15, 0.2) is 0 Å². The standard InChI is InChI=1S/C13H17BrN2O/c14-12-6-2-1-4-10(12)8-13(17)16-7-3-5-11(16)9-15/h1-2,4,6,11H,3,5,7-9,15H2/t11-/m1/s1. The predicted octanol–water partition coefficient (Wildman–Crippen LogP) is 1.94. The number of amides is 1. The minimum absolute atomic E-state index is 0.185. The Balaban J connectivity index is 2.04. The van der Waals surface area contributed by atoms with E-state index in [1.54, 1.807) is 0 Å².